The molecule has 0 aromatic heterocycles. The van der Waals surface area contributed by atoms with Gasteiger partial charge in [-0.1, -0.05) is 11.6 Å². The van der Waals surface area contributed by atoms with Crippen LogP contribution in [0.15, 0.2) is 18.2 Å². The van der Waals surface area contributed by atoms with Gasteiger partial charge in [-0.15, -0.1) is 0 Å². The number of carbonyl (C=O) groups is 2. The fourth-order valence-electron chi connectivity index (χ4n) is 2.62. The smallest absolute Gasteiger partial charge is 0.306 e. The van der Waals surface area contributed by atoms with E-state index in [1.165, 1.54) is 0 Å². The second-order valence-corrected chi connectivity index (χ2v) is 5.81. The molecule has 1 saturated carbocycles. The van der Waals surface area contributed by atoms with Gasteiger partial charge in [-0.25, -0.2) is 0 Å². The molecule has 0 saturated heterocycles. The third kappa shape index (κ3) is 3.73. The fourth-order valence-corrected chi connectivity index (χ4v) is 2.91. The van der Waals surface area contributed by atoms with Crippen molar-refractivity contribution in [3.63, 3.8) is 0 Å². The molecule has 5 heteroatoms. The van der Waals surface area contributed by atoms with Gasteiger partial charge >= 0.3 is 5.97 Å². The van der Waals surface area contributed by atoms with Gasteiger partial charge in [0.05, 0.1) is 5.92 Å². The molecule has 0 heterocycles. The first kappa shape index (κ1) is 14.9. The molecule has 1 aromatic rings. The van der Waals surface area contributed by atoms with Crippen LogP contribution in [0.5, 0.6) is 0 Å². The maximum absolute atomic E-state index is 12.1. The second kappa shape index (κ2) is 6.27. The van der Waals surface area contributed by atoms with Gasteiger partial charge in [0.25, 0.3) is 5.91 Å². The largest absolute Gasteiger partial charge is 0.481 e. The van der Waals surface area contributed by atoms with Crippen LogP contribution in [0.4, 0.5) is 0 Å². The Kier molecular flexibility index (Phi) is 4.65. The first-order chi connectivity index (χ1) is 9.45. The van der Waals surface area contributed by atoms with Crippen LogP contribution in [-0.2, 0) is 4.79 Å². The molecule has 2 N–H and O–H groups in total. The maximum atomic E-state index is 12.1. The van der Waals surface area contributed by atoms with Crippen LogP contribution < -0.4 is 5.32 Å². The number of aliphatic carboxylic acids is 1. The van der Waals surface area contributed by atoms with Gasteiger partial charge in [-0.3, -0.25) is 9.59 Å². The summed E-state index contributed by atoms with van der Waals surface area (Å²) in [6.45, 7) is 1.89. The molecule has 0 spiro atoms. The van der Waals surface area contributed by atoms with Crippen molar-refractivity contribution in [2.24, 2.45) is 5.92 Å². The van der Waals surface area contributed by atoms with Crippen molar-refractivity contribution >= 4 is 23.5 Å². The number of benzene rings is 1. The minimum Gasteiger partial charge on any atom is -0.481 e. The first-order valence-electron chi connectivity index (χ1n) is 6.76. The molecule has 20 heavy (non-hydrogen) atoms. The standard InChI is InChI=1S/C15H18ClNO3/c1-9-6-11(8-12(16)7-9)14(18)17-13-4-2-10(3-5-13)15(19)20/h6-8,10,13H,2-5H2,1H3,(H,17,18)(H,19,20). The molecule has 108 valence electrons. The zero-order chi connectivity index (χ0) is 14.7. The number of carboxylic acids is 1. The number of hydrogen-bond donors (Lipinski definition) is 2. The molecule has 0 bridgehead atoms. The zero-order valence-corrected chi connectivity index (χ0v) is 12.1. The van der Waals surface area contributed by atoms with Crippen LogP contribution in [0.1, 0.15) is 41.6 Å². The topological polar surface area (TPSA) is 66.4 Å². The van der Waals surface area contributed by atoms with E-state index in [1.807, 2.05) is 6.92 Å². The molecule has 0 unspecified atom stereocenters. The van der Waals surface area contributed by atoms with Gasteiger partial charge in [0.15, 0.2) is 0 Å². The van der Waals surface area contributed by atoms with Gasteiger partial charge < -0.3 is 10.4 Å². The van der Waals surface area contributed by atoms with Crippen LogP contribution in [0.2, 0.25) is 5.02 Å². The van der Waals surface area contributed by atoms with Crippen molar-refractivity contribution in [2.45, 2.75) is 38.6 Å². The Hall–Kier alpha value is -1.55. The van der Waals surface area contributed by atoms with E-state index >= 15 is 0 Å². The Morgan fingerprint density at radius 2 is 1.85 bits per heavy atom. The average molecular weight is 296 g/mol. The fraction of sp³-hybridized carbons (Fsp3) is 0.467. The number of halogens is 1. The summed E-state index contributed by atoms with van der Waals surface area (Å²) in [4.78, 5) is 23.0. The highest BCUT2D eigenvalue weighted by molar-refractivity contribution is 6.31. The van der Waals surface area contributed by atoms with Crippen molar-refractivity contribution in [1.82, 2.24) is 5.32 Å². The van der Waals surface area contributed by atoms with Crippen molar-refractivity contribution in [3.8, 4) is 0 Å². The predicted octanol–water partition coefficient (Wildman–Crippen LogP) is 3.02. The Morgan fingerprint density at radius 1 is 1.20 bits per heavy atom. The van der Waals surface area contributed by atoms with E-state index in [4.69, 9.17) is 16.7 Å². The average Bonchev–Trinajstić information content (AvgIpc) is 2.38. The minimum atomic E-state index is -0.736. The highest BCUT2D eigenvalue weighted by Crippen LogP contribution is 2.25. The lowest BCUT2D eigenvalue weighted by Crippen LogP contribution is -2.38. The lowest BCUT2D eigenvalue weighted by molar-refractivity contribution is -0.142. The molecule has 1 aliphatic carbocycles. The van der Waals surface area contributed by atoms with Gasteiger partial charge in [0.2, 0.25) is 0 Å². The highest BCUT2D eigenvalue weighted by atomic mass is 35.5. The molecule has 1 aromatic carbocycles. The first-order valence-corrected chi connectivity index (χ1v) is 7.14. The number of hydrogen-bond acceptors (Lipinski definition) is 2. The molecular formula is C15H18ClNO3. The van der Waals surface area contributed by atoms with Crippen LogP contribution >= 0.6 is 11.6 Å². The number of amides is 1. The number of carboxylic acid groups (broad SMARTS) is 1. The number of aryl methyl sites for hydroxylation is 1. The lowest BCUT2D eigenvalue weighted by Gasteiger charge is -2.26. The van der Waals surface area contributed by atoms with E-state index in [1.54, 1.807) is 18.2 Å². The monoisotopic (exact) mass is 295 g/mol. The van der Waals surface area contributed by atoms with E-state index in [-0.39, 0.29) is 17.9 Å². The number of nitrogens with one attached hydrogen (secondary N) is 1. The summed E-state index contributed by atoms with van der Waals surface area (Å²) in [5.41, 5.74) is 1.49. The third-order valence-corrected chi connectivity index (χ3v) is 3.93. The maximum Gasteiger partial charge on any atom is 0.306 e. The summed E-state index contributed by atoms with van der Waals surface area (Å²) in [7, 11) is 0. The molecule has 2 rings (SSSR count). The van der Waals surface area contributed by atoms with Gasteiger partial charge in [0.1, 0.15) is 0 Å². The summed E-state index contributed by atoms with van der Waals surface area (Å²) >= 11 is 5.95. The quantitative estimate of drug-likeness (QED) is 0.901. The summed E-state index contributed by atoms with van der Waals surface area (Å²) in [6, 6.07) is 5.30. The Balaban J connectivity index is 1.94. The highest BCUT2D eigenvalue weighted by Gasteiger charge is 2.26. The van der Waals surface area contributed by atoms with Crippen molar-refractivity contribution in [3.05, 3.63) is 34.3 Å². The van der Waals surface area contributed by atoms with Crippen LogP contribution in [0.3, 0.4) is 0 Å². The van der Waals surface area contributed by atoms with E-state index in [0.29, 0.717) is 36.3 Å². The summed E-state index contributed by atoms with van der Waals surface area (Å²) in [6.07, 6.45) is 2.66. The van der Waals surface area contributed by atoms with E-state index in [9.17, 15) is 9.59 Å². The Morgan fingerprint density at radius 3 is 2.40 bits per heavy atom. The van der Waals surface area contributed by atoms with Gasteiger partial charge in [-0.2, -0.15) is 0 Å². The minimum absolute atomic E-state index is 0.0531. The van der Waals surface area contributed by atoms with Crippen molar-refractivity contribution in [2.75, 3.05) is 0 Å². The van der Waals surface area contributed by atoms with Crippen LogP contribution in [-0.4, -0.2) is 23.0 Å². The van der Waals surface area contributed by atoms with Crippen molar-refractivity contribution < 1.29 is 14.7 Å². The molecule has 1 amide bonds. The number of rotatable bonds is 3. The SMILES string of the molecule is Cc1cc(Cl)cc(C(=O)NC2CCC(C(=O)O)CC2)c1. The summed E-state index contributed by atoms with van der Waals surface area (Å²) in [5.74, 6) is -1.15. The van der Waals surface area contributed by atoms with Crippen LogP contribution in [0.25, 0.3) is 0 Å². The molecule has 0 atom stereocenters. The normalized spacial score (nSPS) is 22.3. The Labute approximate surface area is 123 Å². The molecule has 1 fully saturated rings. The van der Waals surface area contributed by atoms with E-state index in [2.05, 4.69) is 5.32 Å². The third-order valence-electron chi connectivity index (χ3n) is 3.72. The zero-order valence-electron chi connectivity index (χ0n) is 11.4. The molecule has 0 radical (unpaired) electrons. The summed E-state index contributed by atoms with van der Waals surface area (Å²) < 4.78 is 0. The molecular weight excluding hydrogens is 278 g/mol. The van der Waals surface area contributed by atoms with Crippen molar-refractivity contribution in [1.29, 1.82) is 0 Å². The summed E-state index contributed by atoms with van der Waals surface area (Å²) in [5, 5.41) is 12.4. The molecule has 1 aliphatic rings. The van der Waals surface area contributed by atoms with Crippen LogP contribution in [0, 0.1) is 12.8 Å². The molecule has 0 aliphatic heterocycles. The van der Waals surface area contributed by atoms with Gasteiger partial charge in [-0.05, 0) is 56.4 Å². The number of carbonyl (C=O) groups excluding carboxylic acids is 1. The Bertz CT molecular complexity index is 502. The van der Waals surface area contributed by atoms with Gasteiger partial charge in [0, 0.05) is 16.6 Å². The van der Waals surface area contributed by atoms with E-state index in [0.717, 1.165) is 5.56 Å². The predicted molar refractivity (Wildman–Crippen MR) is 77.0 cm³/mol. The second-order valence-electron chi connectivity index (χ2n) is 5.38. The van der Waals surface area contributed by atoms with E-state index < -0.39 is 5.97 Å². The lowest BCUT2D eigenvalue weighted by atomic mass is 9.86. The molecule has 4 nitrogen and oxygen atoms in total.